The van der Waals surface area contributed by atoms with E-state index in [9.17, 15) is 9.18 Å². The molecule has 1 aromatic carbocycles. The summed E-state index contributed by atoms with van der Waals surface area (Å²) in [7, 11) is 1.65. The fourth-order valence-electron chi connectivity index (χ4n) is 1.74. The van der Waals surface area contributed by atoms with Crippen LogP contribution in [0.15, 0.2) is 42.6 Å². The van der Waals surface area contributed by atoms with Crippen LogP contribution in [0.25, 0.3) is 0 Å². The molecule has 0 radical (unpaired) electrons. The number of hydrogen-bond donors (Lipinski definition) is 0. The number of aromatic nitrogens is 1. The quantitative estimate of drug-likeness (QED) is 0.808. The Hall–Kier alpha value is -1.94. The van der Waals surface area contributed by atoms with Gasteiger partial charge in [-0.2, -0.15) is 0 Å². The Labute approximate surface area is 115 Å². The number of carbonyl (C=O) groups excluding carboxylic acids is 1. The van der Waals surface area contributed by atoms with Crippen molar-refractivity contribution in [2.75, 3.05) is 7.05 Å². The monoisotopic (exact) mass is 278 g/mol. The van der Waals surface area contributed by atoms with Crippen LogP contribution in [0.3, 0.4) is 0 Å². The van der Waals surface area contributed by atoms with Crippen LogP contribution in [0.1, 0.15) is 15.9 Å². The lowest BCUT2D eigenvalue weighted by Crippen LogP contribution is -2.26. The van der Waals surface area contributed by atoms with Gasteiger partial charge in [0.25, 0.3) is 5.91 Å². The van der Waals surface area contributed by atoms with Crippen LogP contribution in [0.5, 0.6) is 0 Å². The maximum absolute atomic E-state index is 13.1. The van der Waals surface area contributed by atoms with Crippen molar-refractivity contribution in [2.24, 2.45) is 0 Å². The van der Waals surface area contributed by atoms with Crippen molar-refractivity contribution in [1.82, 2.24) is 9.88 Å². The van der Waals surface area contributed by atoms with E-state index in [0.29, 0.717) is 12.1 Å². The number of amides is 1. The van der Waals surface area contributed by atoms with Crippen LogP contribution >= 0.6 is 11.6 Å². The smallest absolute Gasteiger partial charge is 0.254 e. The molecule has 0 spiro atoms. The standard InChI is InChI=1S/C14H12ClFN2O/c1-18(9-10-3-2-4-12(16)7-10)14(19)11-5-6-17-13(15)8-11/h2-8H,9H2,1H3. The molecule has 0 aliphatic carbocycles. The largest absolute Gasteiger partial charge is 0.337 e. The van der Waals surface area contributed by atoms with Gasteiger partial charge < -0.3 is 4.90 Å². The molecule has 0 aliphatic rings. The Bertz CT molecular complexity index is 604. The summed E-state index contributed by atoms with van der Waals surface area (Å²) >= 11 is 5.74. The van der Waals surface area contributed by atoms with Crippen LogP contribution < -0.4 is 0 Å². The van der Waals surface area contributed by atoms with Crippen molar-refractivity contribution in [2.45, 2.75) is 6.54 Å². The van der Waals surface area contributed by atoms with E-state index >= 15 is 0 Å². The molecule has 0 atom stereocenters. The van der Waals surface area contributed by atoms with Gasteiger partial charge in [-0.3, -0.25) is 4.79 Å². The fraction of sp³-hybridized carbons (Fsp3) is 0.143. The summed E-state index contributed by atoms with van der Waals surface area (Å²) in [5.41, 5.74) is 1.19. The minimum Gasteiger partial charge on any atom is -0.337 e. The number of benzene rings is 1. The van der Waals surface area contributed by atoms with Crippen LogP contribution in [0.2, 0.25) is 5.15 Å². The molecule has 0 saturated heterocycles. The van der Waals surface area contributed by atoms with Crippen molar-refractivity contribution in [3.05, 3.63) is 64.7 Å². The fourth-order valence-corrected chi connectivity index (χ4v) is 1.91. The maximum Gasteiger partial charge on any atom is 0.254 e. The molecule has 19 heavy (non-hydrogen) atoms. The molecular formula is C14H12ClFN2O. The third-order valence-electron chi connectivity index (χ3n) is 2.63. The van der Waals surface area contributed by atoms with Gasteiger partial charge in [0, 0.05) is 25.4 Å². The second kappa shape index (κ2) is 5.80. The number of nitrogens with zero attached hydrogens (tertiary/aromatic N) is 2. The first-order chi connectivity index (χ1) is 9.06. The van der Waals surface area contributed by atoms with Crippen molar-refractivity contribution >= 4 is 17.5 Å². The van der Waals surface area contributed by atoms with Crippen LogP contribution in [-0.2, 0) is 6.54 Å². The minimum absolute atomic E-state index is 0.187. The molecule has 98 valence electrons. The summed E-state index contributed by atoms with van der Waals surface area (Å²) < 4.78 is 13.1. The molecule has 0 saturated carbocycles. The van der Waals surface area contributed by atoms with Gasteiger partial charge in [0.15, 0.2) is 0 Å². The van der Waals surface area contributed by atoms with Crippen molar-refractivity contribution in [1.29, 1.82) is 0 Å². The van der Waals surface area contributed by atoms with E-state index in [1.54, 1.807) is 25.2 Å². The van der Waals surface area contributed by atoms with Gasteiger partial charge in [-0.05, 0) is 29.8 Å². The lowest BCUT2D eigenvalue weighted by atomic mass is 10.2. The van der Waals surface area contributed by atoms with E-state index in [4.69, 9.17) is 11.6 Å². The number of pyridine rings is 1. The summed E-state index contributed by atoms with van der Waals surface area (Å²) in [5, 5.41) is 0.269. The van der Waals surface area contributed by atoms with E-state index < -0.39 is 0 Å². The van der Waals surface area contributed by atoms with Crippen LogP contribution in [0, 0.1) is 5.82 Å². The van der Waals surface area contributed by atoms with E-state index in [1.165, 1.54) is 29.3 Å². The lowest BCUT2D eigenvalue weighted by Gasteiger charge is -2.17. The van der Waals surface area contributed by atoms with E-state index in [0.717, 1.165) is 5.56 Å². The average molecular weight is 279 g/mol. The van der Waals surface area contributed by atoms with Crippen molar-refractivity contribution < 1.29 is 9.18 Å². The second-order valence-corrected chi connectivity index (χ2v) is 4.55. The SMILES string of the molecule is CN(Cc1cccc(F)c1)C(=O)c1ccnc(Cl)c1. The highest BCUT2D eigenvalue weighted by molar-refractivity contribution is 6.29. The van der Waals surface area contributed by atoms with Gasteiger partial charge in [0.05, 0.1) is 0 Å². The molecule has 1 heterocycles. The summed E-state index contributed by atoms with van der Waals surface area (Å²) in [5.74, 6) is -0.501. The normalized spacial score (nSPS) is 10.3. The molecule has 0 N–H and O–H groups in total. The third-order valence-corrected chi connectivity index (χ3v) is 2.84. The summed E-state index contributed by atoms with van der Waals surface area (Å²) in [4.78, 5) is 17.5. The first-order valence-corrected chi connectivity index (χ1v) is 6.05. The first kappa shape index (κ1) is 13.5. The molecule has 0 fully saturated rings. The molecule has 2 aromatic rings. The van der Waals surface area contributed by atoms with E-state index in [2.05, 4.69) is 4.98 Å². The Morgan fingerprint density at radius 1 is 1.37 bits per heavy atom. The van der Waals surface area contributed by atoms with E-state index in [-0.39, 0.29) is 16.9 Å². The van der Waals surface area contributed by atoms with Gasteiger partial charge in [-0.1, -0.05) is 23.7 Å². The van der Waals surface area contributed by atoms with E-state index in [1.807, 2.05) is 0 Å². The Morgan fingerprint density at radius 2 is 2.16 bits per heavy atom. The Kier molecular flexibility index (Phi) is 4.12. The highest BCUT2D eigenvalue weighted by Crippen LogP contribution is 2.12. The summed E-state index contributed by atoms with van der Waals surface area (Å²) in [6, 6.07) is 9.26. The highest BCUT2D eigenvalue weighted by Gasteiger charge is 2.12. The molecule has 0 bridgehead atoms. The Morgan fingerprint density at radius 3 is 2.84 bits per heavy atom. The topological polar surface area (TPSA) is 33.2 Å². The number of carbonyl (C=O) groups is 1. The predicted molar refractivity (Wildman–Crippen MR) is 71.4 cm³/mol. The molecule has 1 aromatic heterocycles. The van der Waals surface area contributed by atoms with Gasteiger partial charge in [-0.15, -0.1) is 0 Å². The van der Waals surface area contributed by atoms with Crippen LogP contribution in [0.4, 0.5) is 4.39 Å². The first-order valence-electron chi connectivity index (χ1n) is 5.68. The maximum atomic E-state index is 13.1. The Balaban J connectivity index is 2.12. The third kappa shape index (κ3) is 3.51. The summed E-state index contributed by atoms with van der Waals surface area (Å²) in [6.07, 6.45) is 1.48. The molecular weight excluding hydrogens is 267 g/mol. The van der Waals surface area contributed by atoms with Gasteiger partial charge >= 0.3 is 0 Å². The zero-order valence-corrected chi connectivity index (χ0v) is 11.1. The molecule has 1 amide bonds. The number of hydrogen-bond acceptors (Lipinski definition) is 2. The highest BCUT2D eigenvalue weighted by atomic mass is 35.5. The molecule has 0 unspecified atom stereocenters. The number of halogens is 2. The van der Waals surface area contributed by atoms with Crippen molar-refractivity contribution in [3.63, 3.8) is 0 Å². The van der Waals surface area contributed by atoms with Gasteiger partial charge in [0.1, 0.15) is 11.0 Å². The van der Waals surface area contributed by atoms with Crippen LogP contribution in [-0.4, -0.2) is 22.8 Å². The average Bonchev–Trinajstić information content (AvgIpc) is 2.38. The molecule has 3 nitrogen and oxygen atoms in total. The second-order valence-electron chi connectivity index (χ2n) is 4.16. The summed E-state index contributed by atoms with van der Waals surface area (Å²) in [6.45, 7) is 0.330. The predicted octanol–water partition coefficient (Wildman–Crippen LogP) is 3.15. The van der Waals surface area contributed by atoms with Gasteiger partial charge in [-0.25, -0.2) is 9.37 Å². The lowest BCUT2D eigenvalue weighted by molar-refractivity contribution is 0.0785. The zero-order valence-electron chi connectivity index (χ0n) is 10.3. The molecule has 2 rings (SSSR count). The molecule has 5 heteroatoms. The number of rotatable bonds is 3. The molecule has 0 aliphatic heterocycles. The zero-order chi connectivity index (χ0) is 13.8. The minimum atomic E-state index is -0.315. The van der Waals surface area contributed by atoms with Gasteiger partial charge in [0.2, 0.25) is 0 Å². The van der Waals surface area contributed by atoms with Crippen molar-refractivity contribution in [3.8, 4) is 0 Å².